The minimum atomic E-state index is -0.347. The Balaban J connectivity index is 1.70. The third kappa shape index (κ3) is 7.78. The smallest absolute Gasteiger partial charge is 0.197 e. The molecule has 1 heterocycles. The van der Waals surface area contributed by atoms with E-state index in [1.54, 1.807) is 38.5 Å². The molecule has 202 valence electrons. The molecule has 3 aromatic rings. The van der Waals surface area contributed by atoms with Crippen LogP contribution in [0.2, 0.25) is 0 Å². The third-order valence-corrected chi connectivity index (χ3v) is 6.26. The van der Waals surface area contributed by atoms with Crippen LogP contribution in [0.1, 0.15) is 53.4 Å². The van der Waals surface area contributed by atoms with E-state index in [0.29, 0.717) is 35.2 Å². The number of phenols is 1. The number of hydrogen-bond acceptors (Lipinski definition) is 6. The van der Waals surface area contributed by atoms with Gasteiger partial charge in [-0.3, -0.25) is 4.79 Å². The van der Waals surface area contributed by atoms with E-state index in [2.05, 4.69) is 39.8 Å². The molecule has 0 amide bonds. The van der Waals surface area contributed by atoms with Crippen LogP contribution in [0.15, 0.2) is 80.6 Å². The first-order valence-corrected chi connectivity index (χ1v) is 12.8. The van der Waals surface area contributed by atoms with Gasteiger partial charge < -0.3 is 23.7 Å². The molecule has 38 heavy (non-hydrogen) atoms. The fourth-order valence-electron chi connectivity index (χ4n) is 4.08. The Kier molecular flexibility index (Phi) is 10.2. The molecule has 0 aliphatic heterocycles. The van der Waals surface area contributed by atoms with Gasteiger partial charge in [0.15, 0.2) is 16.9 Å². The van der Waals surface area contributed by atoms with Crippen molar-refractivity contribution in [2.45, 2.75) is 53.4 Å². The largest absolute Gasteiger partial charge is 0.507 e. The van der Waals surface area contributed by atoms with Crippen LogP contribution in [0.5, 0.6) is 23.0 Å². The van der Waals surface area contributed by atoms with Crippen molar-refractivity contribution >= 4 is 11.0 Å². The zero-order chi connectivity index (χ0) is 27.7. The van der Waals surface area contributed by atoms with Crippen LogP contribution >= 0.6 is 0 Å². The van der Waals surface area contributed by atoms with Gasteiger partial charge in [-0.05, 0) is 77.7 Å². The summed E-state index contributed by atoms with van der Waals surface area (Å²) >= 11 is 0. The molecule has 0 fully saturated rings. The van der Waals surface area contributed by atoms with Crippen LogP contribution in [0, 0.1) is 0 Å². The maximum absolute atomic E-state index is 12.8. The SMILES string of the molecule is COc1ccc(-c2cc(=O)c3c(O)cc(OCC=C(C)CCC=C(C)CCC=C(C)C)cc3o2)cc1OC. The topological polar surface area (TPSA) is 78.1 Å². The van der Waals surface area contributed by atoms with Crippen molar-refractivity contribution < 1.29 is 23.7 Å². The zero-order valence-electron chi connectivity index (χ0n) is 23.2. The molecule has 2 aromatic carbocycles. The monoisotopic (exact) mass is 518 g/mol. The molecular formula is C32H38O6. The number of phenolic OH excluding ortho intramolecular Hbond substituents is 1. The van der Waals surface area contributed by atoms with Crippen LogP contribution in [0.25, 0.3) is 22.3 Å². The predicted molar refractivity (Wildman–Crippen MR) is 154 cm³/mol. The van der Waals surface area contributed by atoms with E-state index < -0.39 is 0 Å². The van der Waals surface area contributed by atoms with Gasteiger partial charge in [0.1, 0.15) is 34.8 Å². The number of aromatic hydroxyl groups is 1. The average Bonchev–Trinajstić information content (AvgIpc) is 2.87. The van der Waals surface area contributed by atoms with Crippen molar-refractivity contribution in [2.75, 3.05) is 20.8 Å². The third-order valence-electron chi connectivity index (χ3n) is 6.26. The van der Waals surface area contributed by atoms with Gasteiger partial charge in [0.05, 0.1) is 14.2 Å². The number of fused-ring (bicyclic) bond motifs is 1. The van der Waals surface area contributed by atoms with Gasteiger partial charge in [0.2, 0.25) is 0 Å². The van der Waals surface area contributed by atoms with Crippen LogP contribution in [0.3, 0.4) is 0 Å². The number of methoxy groups -OCH3 is 2. The lowest BCUT2D eigenvalue weighted by Gasteiger charge is -2.11. The normalized spacial score (nSPS) is 11.9. The predicted octanol–water partition coefficient (Wildman–Crippen LogP) is 7.98. The average molecular weight is 519 g/mol. The first-order chi connectivity index (χ1) is 18.2. The fraction of sp³-hybridized carbons (Fsp3) is 0.344. The molecule has 3 rings (SSSR count). The second kappa shape index (κ2) is 13.6. The van der Waals surface area contributed by atoms with Gasteiger partial charge in [-0.2, -0.15) is 0 Å². The molecule has 0 saturated carbocycles. The highest BCUT2D eigenvalue weighted by Gasteiger charge is 2.14. The van der Waals surface area contributed by atoms with Gasteiger partial charge in [0, 0.05) is 23.8 Å². The summed E-state index contributed by atoms with van der Waals surface area (Å²) in [4.78, 5) is 12.8. The molecule has 0 bridgehead atoms. The Hall–Kier alpha value is -3.93. The number of ether oxygens (including phenoxy) is 3. The molecule has 1 N–H and O–H groups in total. The van der Waals surface area contributed by atoms with E-state index >= 15 is 0 Å². The van der Waals surface area contributed by atoms with E-state index in [0.717, 1.165) is 25.7 Å². The second-order valence-electron chi connectivity index (χ2n) is 9.63. The molecule has 0 aliphatic rings. The van der Waals surface area contributed by atoms with Gasteiger partial charge in [-0.15, -0.1) is 0 Å². The van der Waals surface area contributed by atoms with Crippen LogP contribution in [-0.2, 0) is 0 Å². The van der Waals surface area contributed by atoms with Gasteiger partial charge in [0.25, 0.3) is 0 Å². The van der Waals surface area contributed by atoms with Crippen molar-refractivity contribution in [3.05, 3.63) is 81.6 Å². The Morgan fingerprint density at radius 3 is 2.24 bits per heavy atom. The van der Waals surface area contributed by atoms with E-state index in [-0.39, 0.29) is 22.1 Å². The van der Waals surface area contributed by atoms with Gasteiger partial charge in [-0.25, -0.2) is 0 Å². The van der Waals surface area contributed by atoms with Crippen molar-refractivity contribution in [3.8, 4) is 34.3 Å². The number of benzene rings is 2. The summed E-state index contributed by atoms with van der Waals surface area (Å²) in [5, 5.41) is 10.6. The van der Waals surface area contributed by atoms with Crippen molar-refractivity contribution in [1.82, 2.24) is 0 Å². The van der Waals surface area contributed by atoms with E-state index in [9.17, 15) is 9.90 Å². The summed E-state index contributed by atoms with van der Waals surface area (Å²) in [7, 11) is 3.10. The standard InChI is InChI=1S/C32H38O6/c1-21(2)9-7-10-22(3)11-8-12-23(4)15-16-37-25-18-26(33)32-27(34)20-29(38-31(32)19-25)24-13-14-28(35-5)30(17-24)36-6/h9,11,13-15,17-20,33H,7-8,10,12,16H2,1-6H3. The maximum atomic E-state index is 12.8. The van der Waals surface area contributed by atoms with Crippen molar-refractivity contribution in [3.63, 3.8) is 0 Å². The minimum absolute atomic E-state index is 0.111. The maximum Gasteiger partial charge on any atom is 0.197 e. The Morgan fingerprint density at radius 1 is 0.868 bits per heavy atom. The molecule has 0 saturated heterocycles. The molecule has 6 heteroatoms. The van der Waals surface area contributed by atoms with Crippen LogP contribution < -0.4 is 19.6 Å². The summed E-state index contributed by atoms with van der Waals surface area (Å²) in [5.41, 5.74) is 4.54. The summed E-state index contributed by atoms with van der Waals surface area (Å²) in [6.45, 7) is 8.87. The first-order valence-electron chi connectivity index (χ1n) is 12.8. The Morgan fingerprint density at radius 2 is 1.55 bits per heavy atom. The second-order valence-corrected chi connectivity index (χ2v) is 9.63. The lowest BCUT2D eigenvalue weighted by molar-refractivity contribution is 0.355. The zero-order valence-corrected chi connectivity index (χ0v) is 23.2. The lowest BCUT2D eigenvalue weighted by atomic mass is 10.1. The summed E-state index contributed by atoms with van der Waals surface area (Å²) < 4.78 is 22.5. The van der Waals surface area contributed by atoms with E-state index in [1.165, 1.54) is 28.9 Å². The number of hydrogen-bond donors (Lipinski definition) is 1. The van der Waals surface area contributed by atoms with E-state index in [1.807, 2.05) is 6.08 Å². The number of allylic oxidation sites excluding steroid dienone is 5. The summed E-state index contributed by atoms with van der Waals surface area (Å²) in [5.74, 6) is 1.67. The highest BCUT2D eigenvalue weighted by Crippen LogP contribution is 2.35. The highest BCUT2D eigenvalue weighted by molar-refractivity contribution is 5.86. The molecule has 1 aromatic heterocycles. The Bertz CT molecular complexity index is 1400. The van der Waals surface area contributed by atoms with Crippen LogP contribution in [-0.4, -0.2) is 25.9 Å². The minimum Gasteiger partial charge on any atom is -0.507 e. The van der Waals surface area contributed by atoms with Gasteiger partial charge in [-0.1, -0.05) is 28.9 Å². The lowest BCUT2D eigenvalue weighted by Crippen LogP contribution is -2.02. The van der Waals surface area contributed by atoms with E-state index in [4.69, 9.17) is 18.6 Å². The molecule has 0 unspecified atom stereocenters. The highest BCUT2D eigenvalue weighted by atomic mass is 16.5. The van der Waals surface area contributed by atoms with Crippen molar-refractivity contribution in [1.29, 1.82) is 0 Å². The number of rotatable bonds is 12. The molecule has 0 aliphatic carbocycles. The van der Waals surface area contributed by atoms with Gasteiger partial charge >= 0.3 is 0 Å². The molecular weight excluding hydrogens is 480 g/mol. The first kappa shape index (κ1) is 28.6. The summed E-state index contributed by atoms with van der Waals surface area (Å²) in [6, 6.07) is 9.68. The molecule has 0 spiro atoms. The molecule has 0 atom stereocenters. The van der Waals surface area contributed by atoms with Crippen LogP contribution in [0.4, 0.5) is 0 Å². The van der Waals surface area contributed by atoms with Crippen molar-refractivity contribution in [2.24, 2.45) is 0 Å². The Labute approximate surface area is 224 Å². The quantitative estimate of drug-likeness (QED) is 0.245. The fourth-order valence-corrected chi connectivity index (χ4v) is 4.08. The molecule has 6 nitrogen and oxygen atoms in total. The molecule has 0 radical (unpaired) electrons. The summed E-state index contributed by atoms with van der Waals surface area (Å²) in [6.07, 6.45) is 10.7.